The highest BCUT2D eigenvalue weighted by Gasteiger charge is 2.27. The first kappa shape index (κ1) is 19.4. The quantitative estimate of drug-likeness (QED) is 0.427. The summed E-state index contributed by atoms with van der Waals surface area (Å²) in [6, 6.07) is 3.09. The monoisotopic (exact) mass is 443 g/mol. The molecule has 1 atom stereocenters. The number of benzene rings is 1. The predicted octanol–water partition coefficient (Wildman–Crippen LogP) is 2.15. The molecule has 1 saturated heterocycles. The van der Waals surface area contributed by atoms with Gasteiger partial charge in [0.25, 0.3) is 0 Å². The summed E-state index contributed by atoms with van der Waals surface area (Å²) >= 11 is 1.85. The van der Waals surface area contributed by atoms with Gasteiger partial charge in [-0.25, -0.2) is 13.8 Å². The third-order valence-corrected chi connectivity index (χ3v) is 4.34. The number of aliphatic imine (C=N–C) groups is 1. The standard InChI is InChI=1S/C14H19F2N3OS.HI/c1-14(20,11-3-2-10(15)8-12(11)16)9-18-13(17)19-4-6-21-7-5-19;/h2-3,8,20H,4-7,9H2,1H3,(H2,17,18);1H. The third-order valence-electron chi connectivity index (χ3n) is 3.40. The highest BCUT2D eigenvalue weighted by atomic mass is 127. The van der Waals surface area contributed by atoms with Crippen molar-refractivity contribution in [2.75, 3.05) is 31.1 Å². The average Bonchev–Trinajstić information content (AvgIpc) is 2.45. The van der Waals surface area contributed by atoms with Crippen molar-refractivity contribution in [3.8, 4) is 0 Å². The lowest BCUT2D eigenvalue weighted by molar-refractivity contribution is 0.0630. The Morgan fingerprint density at radius 2 is 2.05 bits per heavy atom. The maximum atomic E-state index is 13.7. The maximum Gasteiger partial charge on any atom is 0.191 e. The first-order valence-electron chi connectivity index (χ1n) is 6.71. The number of thioether (sulfide) groups is 1. The van der Waals surface area contributed by atoms with E-state index in [0.717, 1.165) is 36.7 Å². The van der Waals surface area contributed by atoms with Crippen LogP contribution < -0.4 is 5.73 Å². The lowest BCUT2D eigenvalue weighted by atomic mass is 9.95. The minimum atomic E-state index is -1.53. The molecule has 124 valence electrons. The summed E-state index contributed by atoms with van der Waals surface area (Å²) in [5.74, 6) is 0.848. The summed E-state index contributed by atoms with van der Waals surface area (Å²) in [7, 11) is 0. The Morgan fingerprint density at radius 1 is 1.41 bits per heavy atom. The number of nitrogens with zero attached hydrogens (tertiary/aromatic N) is 2. The molecule has 1 fully saturated rings. The molecule has 1 heterocycles. The van der Waals surface area contributed by atoms with Gasteiger partial charge in [0.1, 0.15) is 17.2 Å². The van der Waals surface area contributed by atoms with Crippen molar-refractivity contribution >= 4 is 41.7 Å². The Bertz CT molecular complexity index is 537. The van der Waals surface area contributed by atoms with Crippen LogP contribution in [0, 0.1) is 11.6 Å². The lowest BCUT2D eigenvalue weighted by Gasteiger charge is -2.28. The number of rotatable bonds is 3. The molecule has 0 amide bonds. The second kappa shape index (κ2) is 8.30. The van der Waals surface area contributed by atoms with E-state index in [-0.39, 0.29) is 36.1 Å². The largest absolute Gasteiger partial charge is 0.383 e. The molecule has 8 heteroatoms. The highest BCUT2D eigenvalue weighted by Crippen LogP contribution is 2.24. The van der Waals surface area contributed by atoms with Crippen molar-refractivity contribution < 1.29 is 13.9 Å². The van der Waals surface area contributed by atoms with Gasteiger partial charge in [0.2, 0.25) is 0 Å². The van der Waals surface area contributed by atoms with E-state index in [1.54, 1.807) is 0 Å². The van der Waals surface area contributed by atoms with Gasteiger partial charge in [0, 0.05) is 36.2 Å². The molecule has 4 nitrogen and oxygen atoms in total. The van der Waals surface area contributed by atoms with Crippen LogP contribution in [-0.2, 0) is 5.60 Å². The first-order valence-corrected chi connectivity index (χ1v) is 7.86. The number of aliphatic hydroxyl groups is 1. The van der Waals surface area contributed by atoms with Gasteiger partial charge in [-0.15, -0.1) is 24.0 Å². The Kier molecular flexibility index (Phi) is 7.33. The molecule has 0 radical (unpaired) electrons. The summed E-state index contributed by atoms with van der Waals surface area (Å²) in [4.78, 5) is 6.10. The van der Waals surface area contributed by atoms with Crippen LogP contribution in [0.1, 0.15) is 12.5 Å². The number of hydrogen-bond donors (Lipinski definition) is 2. The molecule has 1 aromatic rings. The Balaban J connectivity index is 0.00000242. The zero-order valence-corrected chi connectivity index (χ0v) is 15.4. The molecular formula is C14H20F2IN3OS. The smallest absolute Gasteiger partial charge is 0.191 e. The van der Waals surface area contributed by atoms with Crippen molar-refractivity contribution in [2.45, 2.75) is 12.5 Å². The van der Waals surface area contributed by atoms with Crippen LogP contribution in [0.2, 0.25) is 0 Å². The van der Waals surface area contributed by atoms with E-state index in [0.29, 0.717) is 5.96 Å². The van der Waals surface area contributed by atoms with Crippen molar-refractivity contribution in [1.29, 1.82) is 0 Å². The zero-order chi connectivity index (χ0) is 15.5. The summed E-state index contributed by atoms with van der Waals surface area (Å²) in [5.41, 5.74) is 4.37. The van der Waals surface area contributed by atoms with Gasteiger partial charge >= 0.3 is 0 Å². The van der Waals surface area contributed by atoms with Gasteiger partial charge in [0.15, 0.2) is 5.96 Å². The molecule has 0 aromatic heterocycles. The summed E-state index contributed by atoms with van der Waals surface area (Å²) in [6.07, 6.45) is 0. The molecule has 0 bridgehead atoms. The van der Waals surface area contributed by atoms with Gasteiger partial charge in [-0.3, -0.25) is 0 Å². The molecule has 3 N–H and O–H groups in total. The second-order valence-corrected chi connectivity index (χ2v) is 6.40. The van der Waals surface area contributed by atoms with Gasteiger partial charge < -0.3 is 15.7 Å². The minimum absolute atomic E-state index is 0. The Labute approximate surface area is 150 Å². The Morgan fingerprint density at radius 3 is 2.64 bits per heavy atom. The van der Waals surface area contributed by atoms with Crippen molar-refractivity contribution in [3.63, 3.8) is 0 Å². The van der Waals surface area contributed by atoms with Gasteiger partial charge in [-0.1, -0.05) is 6.07 Å². The molecule has 0 aliphatic carbocycles. The number of hydrogen-bond acceptors (Lipinski definition) is 3. The van der Waals surface area contributed by atoms with Crippen LogP contribution >= 0.6 is 35.7 Å². The van der Waals surface area contributed by atoms with Crippen molar-refractivity contribution in [2.24, 2.45) is 10.7 Å². The van der Waals surface area contributed by atoms with Crippen LogP contribution in [0.25, 0.3) is 0 Å². The maximum absolute atomic E-state index is 13.7. The number of nitrogens with two attached hydrogens (primary N) is 1. The van der Waals surface area contributed by atoms with Crippen molar-refractivity contribution in [3.05, 3.63) is 35.4 Å². The average molecular weight is 443 g/mol. The molecule has 1 aromatic carbocycles. The highest BCUT2D eigenvalue weighted by molar-refractivity contribution is 14.0. The molecule has 22 heavy (non-hydrogen) atoms. The summed E-state index contributed by atoms with van der Waals surface area (Å²) < 4.78 is 26.6. The van der Waals surface area contributed by atoms with E-state index < -0.39 is 17.2 Å². The van der Waals surface area contributed by atoms with Crippen LogP contribution in [0.5, 0.6) is 0 Å². The third kappa shape index (κ3) is 4.95. The molecule has 0 saturated carbocycles. The minimum Gasteiger partial charge on any atom is -0.383 e. The van der Waals surface area contributed by atoms with E-state index >= 15 is 0 Å². The normalized spacial score (nSPS) is 18.5. The molecular weight excluding hydrogens is 423 g/mol. The molecule has 0 spiro atoms. The SMILES string of the molecule is CC(O)(CN=C(N)N1CCSCC1)c1ccc(F)cc1F.I. The molecule has 2 rings (SSSR count). The van der Waals surface area contributed by atoms with E-state index in [4.69, 9.17) is 5.73 Å². The summed E-state index contributed by atoms with van der Waals surface area (Å²) in [5, 5.41) is 10.4. The van der Waals surface area contributed by atoms with E-state index in [1.165, 1.54) is 13.0 Å². The van der Waals surface area contributed by atoms with E-state index in [2.05, 4.69) is 4.99 Å². The Hall–Kier alpha value is -0.610. The lowest BCUT2D eigenvalue weighted by Crippen LogP contribution is -2.43. The van der Waals surface area contributed by atoms with E-state index in [1.807, 2.05) is 16.7 Å². The van der Waals surface area contributed by atoms with Gasteiger partial charge in [0.05, 0.1) is 6.54 Å². The topological polar surface area (TPSA) is 61.9 Å². The summed E-state index contributed by atoms with van der Waals surface area (Å²) in [6.45, 7) is 2.98. The number of guanidine groups is 1. The molecule has 1 aliphatic heterocycles. The second-order valence-electron chi connectivity index (χ2n) is 5.17. The molecule has 1 unspecified atom stereocenters. The molecule has 1 aliphatic rings. The van der Waals surface area contributed by atoms with Crippen LogP contribution in [0.3, 0.4) is 0 Å². The number of halogens is 3. The van der Waals surface area contributed by atoms with Crippen LogP contribution in [0.15, 0.2) is 23.2 Å². The zero-order valence-electron chi connectivity index (χ0n) is 12.3. The van der Waals surface area contributed by atoms with Crippen LogP contribution in [0.4, 0.5) is 8.78 Å². The van der Waals surface area contributed by atoms with Gasteiger partial charge in [-0.05, 0) is 13.0 Å². The fraction of sp³-hybridized carbons (Fsp3) is 0.500. The fourth-order valence-electron chi connectivity index (χ4n) is 2.14. The van der Waals surface area contributed by atoms with Crippen LogP contribution in [-0.4, -0.2) is 47.1 Å². The van der Waals surface area contributed by atoms with Crippen molar-refractivity contribution in [1.82, 2.24) is 4.90 Å². The van der Waals surface area contributed by atoms with Gasteiger partial charge in [-0.2, -0.15) is 11.8 Å². The predicted molar refractivity (Wildman–Crippen MR) is 96.7 cm³/mol. The van der Waals surface area contributed by atoms with E-state index in [9.17, 15) is 13.9 Å². The fourth-order valence-corrected chi connectivity index (χ4v) is 3.04. The first-order chi connectivity index (χ1) is 9.90.